The number of hydrogen-bond donors (Lipinski definition) is 1. The highest BCUT2D eigenvalue weighted by Crippen LogP contribution is 2.21. The van der Waals surface area contributed by atoms with Crippen LogP contribution in [-0.4, -0.2) is 18.1 Å². The van der Waals surface area contributed by atoms with E-state index in [4.69, 9.17) is 4.42 Å². The standard InChI is InChI=1S/C13H14N2O/c1-2-4-11(5-3-1)12-9-15-13(16-12)6-10-7-14-8-10/h1-5,9-10,14H,6-8H2. The molecule has 2 aromatic rings. The molecule has 16 heavy (non-hydrogen) atoms. The zero-order valence-electron chi connectivity index (χ0n) is 9.02. The second-order valence-electron chi connectivity index (χ2n) is 4.21. The summed E-state index contributed by atoms with van der Waals surface area (Å²) in [6.07, 6.45) is 2.76. The summed E-state index contributed by atoms with van der Waals surface area (Å²) in [6.45, 7) is 2.17. The molecule has 1 saturated heterocycles. The fraction of sp³-hybridized carbons (Fsp3) is 0.308. The van der Waals surface area contributed by atoms with Gasteiger partial charge in [-0.25, -0.2) is 4.98 Å². The molecule has 0 aliphatic carbocycles. The molecule has 0 saturated carbocycles. The molecule has 0 radical (unpaired) electrons. The number of oxazole rings is 1. The van der Waals surface area contributed by atoms with E-state index < -0.39 is 0 Å². The van der Waals surface area contributed by atoms with E-state index in [1.807, 2.05) is 36.5 Å². The summed E-state index contributed by atoms with van der Waals surface area (Å²) >= 11 is 0. The number of benzene rings is 1. The molecule has 1 N–H and O–H groups in total. The highest BCUT2D eigenvalue weighted by molar-refractivity contribution is 5.55. The van der Waals surface area contributed by atoms with Crippen molar-refractivity contribution in [2.45, 2.75) is 6.42 Å². The molecule has 1 aliphatic heterocycles. The molecule has 3 nitrogen and oxygen atoms in total. The summed E-state index contributed by atoms with van der Waals surface area (Å²) < 4.78 is 5.74. The first kappa shape index (κ1) is 9.60. The minimum Gasteiger partial charge on any atom is -0.441 e. The summed E-state index contributed by atoms with van der Waals surface area (Å²) in [5.74, 6) is 2.41. The third-order valence-electron chi connectivity index (χ3n) is 2.94. The molecule has 1 fully saturated rings. The van der Waals surface area contributed by atoms with Crippen molar-refractivity contribution in [1.29, 1.82) is 0 Å². The number of nitrogens with zero attached hydrogens (tertiary/aromatic N) is 1. The van der Waals surface area contributed by atoms with Crippen LogP contribution in [0.4, 0.5) is 0 Å². The van der Waals surface area contributed by atoms with Crippen molar-refractivity contribution in [3.05, 3.63) is 42.4 Å². The number of nitrogens with one attached hydrogen (secondary N) is 1. The highest BCUT2D eigenvalue weighted by atomic mass is 16.4. The van der Waals surface area contributed by atoms with Crippen molar-refractivity contribution < 1.29 is 4.42 Å². The van der Waals surface area contributed by atoms with Crippen molar-refractivity contribution >= 4 is 0 Å². The van der Waals surface area contributed by atoms with E-state index in [9.17, 15) is 0 Å². The van der Waals surface area contributed by atoms with Gasteiger partial charge >= 0.3 is 0 Å². The first-order valence-corrected chi connectivity index (χ1v) is 5.62. The first-order valence-electron chi connectivity index (χ1n) is 5.62. The number of rotatable bonds is 3. The molecule has 0 unspecified atom stereocenters. The maximum Gasteiger partial charge on any atom is 0.195 e. The Hall–Kier alpha value is -1.61. The zero-order valence-corrected chi connectivity index (χ0v) is 9.02. The minimum atomic E-state index is 0.697. The van der Waals surface area contributed by atoms with E-state index in [0.717, 1.165) is 36.7 Å². The third kappa shape index (κ3) is 1.86. The number of aromatic nitrogens is 1. The van der Waals surface area contributed by atoms with Crippen LogP contribution < -0.4 is 5.32 Å². The lowest BCUT2D eigenvalue weighted by atomic mass is 10.00. The molecule has 0 spiro atoms. The Morgan fingerprint density at radius 1 is 1.25 bits per heavy atom. The Labute approximate surface area is 94.5 Å². The molecule has 1 aromatic carbocycles. The molecule has 1 aromatic heterocycles. The predicted octanol–water partition coefficient (Wildman–Crippen LogP) is 2.10. The van der Waals surface area contributed by atoms with E-state index in [0.29, 0.717) is 5.92 Å². The van der Waals surface area contributed by atoms with Crippen molar-refractivity contribution in [1.82, 2.24) is 10.3 Å². The molecular weight excluding hydrogens is 200 g/mol. The van der Waals surface area contributed by atoms with Crippen LogP contribution in [-0.2, 0) is 6.42 Å². The lowest BCUT2D eigenvalue weighted by Gasteiger charge is -2.25. The Kier molecular flexibility index (Phi) is 2.46. The van der Waals surface area contributed by atoms with Crippen LogP contribution in [0.2, 0.25) is 0 Å². The van der Waals surface area contributed by atoms with Crippen LogP contribution in [0.3, 0.4) is 0 Å². The van der Waals surface area contributed by atoms with Crippen LogP contribution in [0.25, 0.3) is 11.3 Å². The molecule has 82 valence electrons. The van der Waals surface area contributed by atoms with Crippen LogP contribution in [0, 0.1) is 5.92 Å². The van der Waals surface area contributed by atoms with Crippen LogP contribution in [0.5, 0.6) is 0 Å². The van der Waals surface area contributed by atoms with Crippen molar-refractivity contribution in [3.8, 4) is 11.3 Å². The van der Waals surface area contributed by atoms with E-state index in [1.54, 1.807) is 0 Å². The SMILES string of the molecule is c1ccc(-c2cnc(CC3CNC3)o2)cc1. The quantitative estimate of drug-likeness (QED) is 0.850. The summed E-state index contributed by atoms with van der Waals surface area (Å²) in [5, 5.41) is 3.25. The summed E-state index contributed by atoms with van der Waals surface area (Å²) in [5.41, 5.74) is 1.09. The van der Waals surface area contributed by atoms with Gasteiger partial charge < -0.3 is 9.73 Å². The normalized spacial score (nSPS) is 16.0. The van der Waals surface area contributed by atoms with Crippen molar-refractivity contribution in [3.63, 3.8) is 0 Å². The van der Waals surface area contributed by atoms with Gasteiger partial charge in [-0.3, -0.25) is 0 Å². The second kappa shape index (κ2) is 4.10. The Bertz CT molecular complexity index is 460. The van der Waals surface area contributed by atoms with Gasteiger partial charge in [-0.15, -0.1) is 0 Å². The van der Waals surface area contributed by atoms with Crippen LogP contribution >= 0.6 is 0 Å². The smallest absolute Gasteiger partial charge is 0.195 e. The third-order valence-corrected chi connectivity index (χ3v) is 2.94. The van der Waals surface area contributed by atoms with Gasteiger partial charge in [0.25, 0.3) is 0 Å². The second-order valence-corrected chi connectivity index (χ2v) is 4.21. The van der Waals surface area contributed by atoms with Gasteiger partial charge in [0.1, 0.15) is 0 Å². The maximum atomic E-state index is 5.74. The number of hydrogen-bond acceptors (Lipinski definition) is 3. The lowest BCUT2D eigenvalue weighted by molar-refractivity contribution is 0.319. The van der Waals surface area contributed by atoms with Gasteiger partial charge in [-0.05, 0) is 19.0 Å². The fourth-order valence-electron chi connectivity index (χ4n) is 1.88. The fourth-order valence-corrected chi connectivity index (χ4v) is 1.88. The van der Waals surface area contributed by atoms with E-state index >= 15 is 0 Å². The van der Waals surface area contributed by atoms with E-state index in [1.165, 1.54) is 0 Å². The Morgan fingerprint density at radius 3 is 2.75 bits per heavy atom. The summed E-state index contributed by atoms with van der Waals surface area (Å²) in [4.78, 5) is 4.32. The highest BCUT2D eigenvalue weighted by Gasteiger charge is 2.19. The Balaban J connectivity index is 1.77. The van der Waals surface area contributed by atoms with E-state index in [-0.39, 0.29) is 0 Å². The lowest BCUT2D eigenvalue weighted by Crippen LogP contribution is -2.43. The molecule has 3 heteroatoms. The predicted molar refractivity (Wildman–Crippen MR) is 62.0 cm³/mol. The average molecular weight is 214 g/mol. The van der Waals surface area contributed by atoms with Gasteiger partial charge in [0.05, 0.1) is 6.20 Å². The van der Waals surface area contributed by atoms with E-state index in [2.05, 4.69) is 10.3 Å². The summed E-state index contributed by atoms with van der Waals surface area (Å²) in [7, 11) is 0. The average Bonchev–Trinajstić information content (AvgIpc) is 2.73. The monoisotopic (exact) mass is 214 g/mol. The molecule has 3 rings (SSSR count). The molecule has 0 bridgehead atoms. The van der Waals surface area contributed by atoms with Crippen molar-refractivity contribution in [2.75, 3.05) is 13.1 Å². The van der Waals surface area contributed by atoms with Crippen molar-refractivity contribution in [2.24, 2.45) is 5.92 Å². The van der Waals surface area contributed by atoms with Gasteiger partial charge in [0.2, 0.25) is 0 Å². The maximum absolute atomic E-state index is 5.74. The van der Waals surface area contributed by atoms with Gasteiger partial charge in [0.15, 0.2) is 11.7 Å². The Morgan fingerprint density at radius 2 is 2.06 bits per heavy atom. The first-order chi connectivity index (χ1) is 7.92. The van der Waals surface area contributed by atoms with Gasteiger partial charge in [-0.2, -0.15) is 0 Å². The van der Waals surface area contributed by atoms with Crippen LogP contribution in [0.15, 0.2) is 40.9 Å². The van der Waals surface area contributed by atoms with Crippen LogP contribution in [0.1, 0.15) is 5.89 Å². The largest absolute Gasteiger partial charge is 0.441 e. The van der Waals surface area contributed by atoms with Gasteiger partial charge in [0, 0.05) is 12.0 Å². The molecule has 0 amide bonds. The zero-order chi connectivity index (χ0) is 10.8. The molecule has 1 aliphatic rings. The minimum absolute atomic E-state index is 0.697. The topological polar surface area (TPSA) is 38.1 Å². The molecule has 2 heterocycles. The molecule has 0 atom stereocenters. The molecular formula is C13H14N2O. The summed E-state index contributed by atoms with van der Waals surface area (Å²) in [6, 6.07) is 10.1. The van der Waals surface area contributed by atoms with Gasteiger partial charge in [-0.1, -0.05) is 30.3 Å².